The molecule has 0 bridgehead atoms. The SMILES string of the molecule is Cc1cc(C)c2cc(CN(Cc3ccc4c(c3)OCO4)S(=O)(=O)c3c(C)ccc4nsnc34)c(=O)[nH]c2c1. The number of ether oxygens (including phenoxy) is 2. The van der Waals surface area contributed by atoms with Crippen molar-refractivity contribution in [3.05, 3.63) is 86.7 Å². The summed E-state index contributed by atoms with van der Waals surface area (Å²) in [7, 11) is -4.11. The van der Waals surface area contributed by atoms with E-state index in [1.807, 2.05) is 26.0 Å². The lowest BCUT2D eigenvalue weighted by atomic mass is 10.0. The molecule has 5 aromatic rings. The normalized spacial score (nSPS) is 13.2. The highest BCUT2D eigenvalue weighted by atomic mass is 32.2. The second-order valence-corrected chi connectivity index (χ2v) is 11.9. The van der Waals surface area contributed by atoms with Crippen LogP contribution in [0, 0.1) is 20.8 Å². The van der Waals surface area contributed by atoms with E-state index in [1.54, 1.807) is 43.3 Å². The number of nitrogens with one attached hydrogen (secondary N) is 1. The number of aromatic amines is 1. The molecule has 0 aliphatic carbocycles. The molecule has 0 spiro atoms. The summed E-state index contributed by atoms with van der Waals surface area (Å²) >= 11 is 0.963. The molecule has 1 N–H and O–H groups in total. The third-order valence-corrected chi connectivity index (χ3v) is 9.22. The van der Waals surface area contributed by atoms with Crippen LogP contribution in [0.5, 0.6) is 11.5 Å². The molecule has 1 aliphatic rings. The molecule has 0 radical (unpaired) electrons. The van der Waals surface area contributed by atoms with E-state index >= 15 is 0 Å². The number of aryl methyl sites for hydroxylation is 3. The molecule has 6 rings (SSSR count). The molecular weight excluding hydrogens is 524 g/mol. The van der Waals surface area contributed by atoms with Gasteiger partial charge in [0, 0.05) is 29.6 Å². The number of rotatable bonds is 6. The predicted octanol–water partition coefficient (Wildman–Crippen LogP) is 4.58. The van der Waals surface area contributed by atoms with Crippen molar-refractivity contribution < 1.29 is 17.9 Å². The highest BCUT2D eigenvalue weighted by Crippen LogP contribution is 2.35. The lowest BCUT2D eigenvalue weighted by Crippen LogP contribution is -2.33. The average molecular weight is 549 g/mol. The Hall–Kier alpha value is -3.80. The minimum atomic E-state index is -4.11. The summed E-state index contributed by atoms with van der Waals surface area (Å²) in [5, 5.41) is 0.868. The number of pyridine rings is 1. The van der Waals surface area contributed by atoms with Crippen LogP contribution in [0.4, 0.5) is 0 Å². The van der Waals surface area contributed by atoms with Crippen molar-refractivity contribution >= 4 is 43.7 Å². The fourth-order valence-corrected chi connectivity index (χ4v) is 7.23. The van der Waals surface area contributed by atoms with Gasteiger partial charge in [0.05, 0.1) is 11.7 Å². The lowest BCUT2D eigenvalue weighted by Gasteiger charge is -2.23. The third-order valence-electron chi connectivity index (χ3n) is 6.71. The van der Waals surface area contributed by atoms with Gasteiger partial charge in [0.2, 0.25) is 16.8 Å². The summed E-state index contributed by atoms with van der Waals surface area (Å²) in [6.45, 7) is 5.66. The average Bonchev–Trinajstić information content (AvgIpc) is 3.53. The van der Waals surface area contributed by atoms with E-state index in [2.05, 4.69) is 13.7 Å². The number of nitrogens with zero attached hydrogens (tertiary/aromatic N) is 3. The molecule has 11 heteroatoms. The van der Waals surface area contributed by atoms with Gasteiger partial charge in [0.25, 0.3) is 5.56 Å². The van der Waals surface area contributed by atoms with E-state index in [4.69, 9.17) is 9.47 Å². The fraction of sp³-hybridized carbons (Fsp3) is 0.222. The monoisotopic (exact) mass is 548 g/mol. The lowest BCUT2D eigenvalue weighted by molar-refractivity contribution is 0.174. The Morgan fingerprint density at radius 1 is 0.947 bits per heavy atom. The van der Waals surface area contributed by atoms with Gasteiger partial charge in [-0.05, 0) is 73.4 Å². The van der Waals surface area contributed by atoms with Gasteiger partial charge >= 0.3 is 0 Å². The van der Waals surface area contributed by atoms with Gasteiger partial charge in [0.1, 0.15) is 15.9 Å². The van der Waals surface area contributed by atoms with Crippen molar-refractivity contribution in [1.29, 1.82) is 0 Å². The zero-order valence-electron chi connectivity index (χ0n) is 20.9. The zero-order chi connectivity index (χ0) is 26.6. The molecule has 0 saturated heterocycles. The first kappa shape index (κ1) is 24.5. The van der Waals surface area contributed by atoms with E-state index < -0.39 is 10.0 Å². The van der Waals surface area contributed by atoms with Crippen molar-refractivity contribution in [2.24, 2.45) is 0 Å². The van der Waals surface area contributed by atoms with Gasteiger partial charge in [-0.15, -0.1) is 0 Å². The largest absolute Gasteiger partial charge is 0.454 e. The van der Waals surface area contributed by atoms with Gasteiger partial charge < -0.3 is 14.5 Å². The molecule has 0 unspecified atom stereocenters. The topological polar surface area (TPSA) is 114 Å². The minimum absolute atomic E-state index is 0.0106. The highest BCUT2D eigenvalue weighted by Gasteiger charge is 2.31. The molecule has 0 atom stereocenters. The predicted molar refractivity (Wildman–Crippen MR) is 145 cm³/mol. The molecule has 1 aliphatic heterocycles. The van der Waals surface area contributed by atoms with E-state index in [1.165, 1.54) is 4.31 Å². The number of H-pyrrole nitrogens is 1. The van der Waals surface area contributed by atoms with Crippen LogP contribution in [0.2, 0.25) is 0 Å². The van der Waals surface area contributed by atoms with E-state index in [9.17, 15) is 13.2 Å². The first-order chi connectivity index (χ1) is 18.2. The second-order valence-electron chi connectivity index (χ2n) is 9.47. The Kier molecular flexibility index (Phi) is 5.93. The molecule has 3 aromatic carbocycles. The summed E-state index contributed by atoms with van der Waals surface area (Å²) in [6.07, 6.45) is 0. The van der Waals surface area contributed by atoms with Crippen molar-refractivity contribution in [2.75, 3.05) is 6.79 Å². The Morgan fingerprint density at radius 2 is 1.76 bits per heavy atom. The molecule has 194 valence electrons. The Labute approximate surface area is 223 Å². The molecule has 0 amide bonds. The van der Waals surface area contributed by atoms with Crippen molar-refractivity contribution in [3.8, 4) is 11.5 Å². The van der Waals surface area contributed by atoms with Crippen LogP contribution in [0.15, 0.2) is 58.2 Å². The highest BCUT2D eigenvalue weighted by molar-refractivity contribution is 7.89. The van der Waals surface area contributed by atoms with Crippen LogP contribution in [0.3, 0.4) is 0 Å². The molecule has 0 saturated carbocycles. The maximum Gasteiger partial charge on any atom is 0.252 e. The first-order valence-electron chi connectivity index (χ1n) is 11.9. The molecule has 0 fully saturated rings. The fourth-order valence-electron chi connectivity index (χ4n) is 4.88. The van der Waals surface area contributed by atoms with Gasteiger partial charge in [0.15, 0.2) is 11.5 Å². The standard InChI is InChI=1S/C27H24N4O5S2/c1-15-8-17(3)20-11-19(27(32)28-22(20)9-15)13-31(12-18-5-7-23-24(10-18)36-14-35-23)38(33,34)26-16(2)4-6-21-25(26)30-37-29-21/h4-11H,12-14H2,1-3H3,(H,28,32). The van der Waals surface area contributed by atoms with Gasteiger partial charge in [-0.2, -0.15) is 13.1 Å². The van der Waals surface area contributed by atoms with E-state index in [0.717, 1.165) is 33.8 Å². The molecule has 9 nitrogen and oxygen atoms in total. The first-order valence-corrected chi connectivity index (χ1v) is 14.1. The summed E-state index contributed by atoms with van der Waals surface area (Å²) in [5.74, 6) is 1.16. The van der Waals surface area contributed by atoms with Crippen molar-refractivity contribution in [1.82, 2.24) is 18.0 Å². The maximum absolute atomic E-state index is 14.3. The Bertz CT molecular complexity index is 1900. The van der Waals surface area contributed by atoms with Crippen LogP contribution >= 0.6 is 11.7 Å². The van der Waals surface area contributed by atoms with Crippen LogP contribution < -0.4 is 15.0 Å². The van der Waals surface area contributed by atoms with E-state index in [-0.39, 0.29) is 30.3 Å². The maximum atomic E-state index is 14.3. The molecule has 3 heterocycles. The Morgan fingerprint density at radius 3 is 2.61 bits per heavy atom. The summed E-state index contributed by atoms with van der Waals surface area (Å²) in [6, 6.07) is 14.5. The van der Waals surface area contributed by atoms with Gasteiger partial charge in [-0.25, -0.2) is 8.42 Å². The number of aromatic nitrogens is 3. The summed E-state index contributed by atoms with van der Waals surface area (Å²) in [5.41, 5.74) is 4.84. The van der Waals surface area contributed by atoms with E-state index in [0.29, 0.717) is 39.2 Å². The quantitative estimate of drug-likeness (QED) is 0.330. The van der Waals surface area contributed by atoms with Crippen LogP contribution in [-0.4, -0.2) is 33.2 Å². The Balaban J connectivity index is 1.49. The van der Waals surface area contributed by atoms with Crippen LogP contribution in [0.25, 0.3) is 21.9 Å². The number of benzene rings is 3. The number of hydrogen-bond acceptors (Lipinski definition) is 8. The second kappa shape index (κ2) is 9.19. The molecular formula is C27H24N4O5S2. The molecule has 38 heavy (non-hydrogen) atoms. The summed E-state index contributed by atoms with van der Waals surface area (Å²) in [4.78, 5) is 16.2. The van der Waals surface area contributed by atoms with Crippen LogP contribution in [0.1, 0.15) is 27.8 Å². The van der Waals surface area contributed by atoms with Crippen molar-refractivity contribution in [2.45, 2.75) is 38.8 Å². The zero-order valence-corrected chi connectivity index (χ0v) is 22.6. The minimum Gasteiger partial charge on any atom is -0.454 e. The smallest absolute Gasteiger partial charge is 0.252 e. The molecule has 2 aromatic heterocycles. The van der Waals surface area contributed by atoms with Crippen molar-refractivity contribution in [3.63, 3.8) is 0 Å². The summed E-state index contributed by atoms with van der Waals surface area (Å²) < 4.78 is 49.3. The van der Waals surface area contributed by atoms with Gasteiger partial charge in [-0.3, -0.25) is 4.79 Å². The van der Waals surface area contributed by atoms with Crippen LogP contribution in [-0.2, 0) is 23.1 Å². The number of sulfonamides is 1. The third kappa shape index (κ3) is 4.22. The van der Waals surface area contributed by atoms with Gasteiger partial charge in [-0.1, -0.05) is 18.2 Å². The number of hydrogen-bond donors (Lipinski definition) is 1. The number of fused-ring (bicyclic) bond motifs is 3.